The molecule has 1 N–H and O–H groups in total. The van der Waals surface area contributed by atoms with Gasteiger partial charge in [-0.3, -0.25) is 9.10 Å². The molecule has 0 heterocycles. The first-order valence-corrected chi connectivity index (χ1v) is 10.2. The number of nitrogens with zero attached hydrogens (tertiary/aromatic N) is 1. The van der Waals surface area contributed by atoms with E-state index in [4.69, 9.17) is 16.3 Å². The molecule has 2 aromatic rings. The maximum absolute atomic E-state index is 12.4. The number of sulfonamides is 1. The van der Waals surface area contributed by atoms with Crippen molar-refractivity contribution in [3.8, 4) is 5.75 Å². The lowest BCUT2D eigenvalue weighted by atomic mass is 10.2. The molecule has 0 aliphatic carbocycles. The predicted octanol–water partition coefficient (Wildman–Crippen LogP) is 2.69. The Morgan fingerprint density at radius 1 is 1.19 bits per heavy atom. The van der Waals surface area contributed by atoms with Crippen LogP contribution in [0.2, 0.25) is 5.02 Å². The highest BCUT2D eigenvalue weighted by molar-refractivity contribution is 7.92. The number of para-hydroxylation sites is 1. The van der Waals surface area contributed by atoms with Crippen molar-refractivity contribution in [3.05, 3.63) is 59.6 Å². The smallest absolute Gasteiger partial charge is 0.243 e. The third-order valence-electron chi connectivity index (χ3n) is 3.56. The zero-order valence-corrected chi connectivity index (χ0v) is 16.1. The molecular formula is C18H21ClN2O4S. The van der Waals surface area contributed by atoms with Crippen LogP contribution in [-0.4, -0.2) is 39.8 Å². The number of anilines is 1. The summed E-state index contributed by atoms with van der Waals surface area (Å²) in [5, 5.41) is 3.08. The second-order valence-corrected chi connectivity index (χ2v) is 7.96. The van der Waals surface area contributed by atoms with Gasteiger partial charge in [0.1, 0.15) is 18.4 Å². The van der Waals surface area contributed by atoms with E-state index in [1.807, 2.05) is 30.3 Å². The van der Waals surface area contributed by atoms with Crippen molar-refractivity contribution in [2.75, 3.05) is 23.7 Å². The Hall–Kier alpha value is -2.25. The largest absolute Gasteiger partial charge is 0.492 e. The Morgan fingerprint density at radius 3 is 2.50 bits per heavy atom. The van der Waals surface area contributed by atoms with Gasteiger partial charge in [0.05, 0.1) is 18.5 Å². The van der Waals surface area contributed by atoms with Gasteiger partial charge in [0, 0.05) is 5.02 Å². The number of carbonyl (C=O) groups is 1. The molecule has 0 aliphatic heterocycles. The Morgan fingerprint density at radius 2 is 1.88 bits per heavy atom. The summed E-state index contributed by atoms with van der Waals surface area (Å²) in [5.74, 6) is 0.276. The first-order chi connectivity index (χ1) is 12.3. The monoisotopic (exact) mass is 396 g/mol. The van der Waals surface area contributed by atoms with Crippen molar-refractivity contribution >= 4 is 33.2 Å². The quantitative estimate of drug-likeness (QED) is 0.696. The lowest BCUT2D eigenvalue weighted by Crippen LogP contribution is -2.48. The lowest BCUT2D eigenvalue weighted by Gasteiger charge is -2.28. The summed E-state index contributed by atoms with van der Waals surface area (Å²) in [6, 6.07) is 14.7. The van der Waals surface area contributed by atoms with Crippen LogP contribution in [-0.2, 0) is 14.8 Å². The summed E-state index contributed by atoms with van der Waals surface area (Å²) in [6.45, 7) is 2.05. The topological polar surface area (TPSA) is 75.7 Å². The third kappa shape index (κ3) is 5.64. The van der Waals surface area contributed by atoms with Gasteiger partial charge in [-0.25, -0.2) is 8.42 Å². The molecule has 6 nitrogen and oxygen atoms in total. The minimum atomic E-state index is -3.67. The molecule has 1 amide bonds. The highest BCUT2D eigenvalue weighted by Crippen LogP contribution is 2.24. The van der Waals surface area contributed by atoms with E-state index in [1.54, 1.807) is 18.2 Å². The zero-order chi connectivity index (χ0) is 19.2. The standard InChI is InChI=1S/C18H21ClN2O4S/c1-14(18(22)20-11-12-25-17-9-4-3-5-10-17)21(26(2,23)24)16-8-6-7-15(19)13-16/h3-10,13-14H,11-12H2,1-2H3,(H,20,22)/t14-/m1/s1. The zero-order valence-electron chi connectivity index (χ0n) is 14.6. The second-order valence-electron chi connectivity index (χ2n) is 5.67. The Balaban J connectivity index is 1.99. The Kier molecular flexibility index (Phi) is 6.88. The van der Waals surface area contributed by atoms with Crippen molar-refractivity contribution in [1.82, 2.24) is 5.32 Å². The molecule has 0 unspecified atom stereocenters. The van der Waals surface area contributed by atoms with E-state index in [-0.39, 0.29) is 13.2 Å². The average Bonchev–Trinajstić information content (AvgIpc) is 2.58. The number of hydrogen-bond acceptors (Lipinski definition) is 4. The lowest BCUT2D eigenvalue weighted by molar-refractivity contribution is -0.121. The number of carbonyl (C=O) groups excluding carboxylic acids is 1. The van der Waals surface area contributed by atoms with E-state index in [0.29, 0.717) is 16.5 Å². The third-order valence-corrected chi connectivity index (χ3v) is 5.04. The molecular weight excluding hydrogens is 376 g/mol. The molecule has 0 aromatic heterocycles. The Bertz CT molecular complexity index is 843. The number of benzene rings is 2. The molecule has 0 fully saturated rings. The number of ether oxygens (including phenoxy) is 1. The molecule has 0 radical (unpaired) electrons. The maximum atomic E-state index is 12.4. The summed E-state index contributed by atoms with van der Waals surface area (Å²) in [4.78, 5) is 12.4. The van der Waals surface area contributed by atoms with Crippen LogP contribution in [0.15, 0.2) is 54.6 Å². The van der Waals surface area contributed by atoms with E-state index in [0.717, 1.165) is 10.6 Å². The van der Waals surface area contributed by atoms with Gasteiger partial charge in [0.2, 0.25) is 15.9 Å². The normalized spacial score (nSPS) is 12.3. The first kappa shape index (κ1) is 20.1. The van der Waals surface area contributed by atoms with E-state index in [1.165, 1.54) is 13.0 Å². The maximum Gasteiger partial charge on any atom is 0.243 e. The molecule has 2 rings (SSSR count). The van der Waals surface area contributed by atoms with Crippen LogP contribution in [0.5, 0.6) is 5.75 Å². The number of hydrogen-bond donors (Lipinski definition) is 1. The molecule has 0 saturated heterocycles. The van der Waals surface area contributed by atoms with Gasteiger partial charge in [-0.15, -0.1) is 0 Å². The van der Waals surface area contributed by atoms with Crippen molar-refractivity contribution in [2.45, 2.75) is 13.0 Å². The van der Waals surface area contributed by atoms with E-state index < -0.39 is 22.0 Å². The van der Waals surface area contributed by atoms with Gasteiger partial charge in [-0.2, -0.15) is 0 Å². The van der Waals surface area contributed by atoms with Gasteiger partial charge in [0.15, 0.2) is 0 Å². The predicted molar refractivity (Wildman–Crippen MR) is 103 cm³/mol. The summed E-state index contributed by atoms with van der Waals surface area (Å²) in [7, 11) is -3.67. The SMILES string of the molecule is C[C@H](C(=O)NCCOc1ccccc1)N(c1cccc(Cl)c1)S(C)(=O)=O. The summed E-state index contributed by atoms with van der Waals surface area (Å²) >= 11 is 5.95. The van der Waals surface area contributed by atoms with E-state index >= 15 is 0 Å². The molecule has 26 heavy (non-hydrogen) atoms. The van der Waals surface area contributed by atoms with Crippen LogP contribution in [0.3, 0.4) is 0 Å². The van der Waals surface area contributed by atoms with Gasteiger partial charge in [-0.1, -0.05) is 35.9 Å². The van der Waals surface area contributed by atoms with Crippen LogP contribution < -0.4 is 14.4 Å². The van der Waals surface area contributed by atoms with Crippen molar-refractivity contribution in [1.29, 1.82) is 0 Å². The minimum absolute atomic E-state index is 0.255. The van der Waals surface area contributed by atoms with Crippen molar-refractivity contribution in [3.63, 3.8) is 0 Å². The van der Waals surface area contributed by atoms with Crippen molar-refractivity contribution < 1.29 is 17.9 Å². The number of amides is 1. The highest BCUT2D eigenvalue weighted by Gasteiger charge is 2.29. The number of nitrogens with one attached hydrogen (secondary N) is 1. The first-order valence-electron chi connectivity index (χ1n) is 7.99. The van der Waals surface area contributed by atoms with E-state index in [2.05, 4.69) is 5.32 Å². The summed E-state index contributed by atoms with van der Waals surface area (Å²) < 4.78 is 30.9. The summed E-state index contributed by atoms with van der Waals surface area (Å²) in [5.41, 5.74) is 0.336. The molecule has 2 aromatic carbocycles. The average molecular weight is 397 g/mol. The van der Waals surface area contributed by atoms with Gasteiger partial charge in [0.25, 0.3) is 0 Å². The molecule has 140 valence electrons. The molecule has 0 aliphatic rings. The van der Waals surface area contributed by atoms with Crippen molar-refractivity contribution in [2.24, 2.45) is 0 Å². The number of rotatable bonds is 8. The Labute approximate surface area is 158 Å². The summed E-state index contributed by atoms with van der Waals surface area (Å²) in [6.07, 6.45) is 1.05. The second kappa shape index (κ2) is 8.91. The molecule has 0 bridgehead atoms. The number of halogens is 1. The van der Waals surface area contributed by atoms with Crippen LogP contribution >= 0.6 is 11.6 Å². The molecule has 1 atom stereocenters. The van der Waals surface area contributed by atoms with Crippen LogP contribution in [0.4, 0.5) is 5.69 Å². The fraction of sp³-hybridized carbons (Fsp3) is 0.278. The van der Waals surface area contributed by atoms with Gasteiger partial charge >= 0.3 is 0 Å². The van der Waals surface area contributed by atoms with Crippen LogP contribution in [0.25, 0.3) is 0 Å². The van der Waals surface area contributed by atoms with Gasteiger partial charge < -0.3 is 10.1 Å². The van der Waals surface area contributed by atoms with Crippen LogP contribution in [0, 0.1) is 0 Å². The highest BCUT2D eigenvalue weighted by atomic mass is 35.5. The molecule has 0 spiro atoms. The van der Waals surface area contributed by atoms with Crippen LogP contribution in [0.1, 0.15) is 6.92 Å². The fourth-order valence-corrected chi connectivity index (χ4v) is 3.78. The van der Waals surface area contributed by atoms with Gasteiger partial charge in [-0.05, 0) is 37.3 Å². The molecule has 0 saturated carbocycles. The minimum Gasteiger partial charge on any atom is -0.492 e. The fourth-order valence-electron chi connectivity index (χ4n) is 2.43. The van der Waals surface area contributed by atoms with E-state index in [9.17, 15) is 13.2 Å². The molecule has 8 heteroatoms.